The van der Waals surface area contributed by atoms with Crippen LogP contribution in [0, 0.1) is 11.8 Å². The zero-order valence-electron chi connectivity index (χ0n) is 14.9. The highest BCUT2D eigenvalue weighted by molar-refractivity contribution is 6.31. The van der Waals surface area contributed by atoms with Crippen molar-refractivity contribution in [3.05, 3.63) is 70.7 Å². The molecular weight excluding hydrogens is 336 g/mol. The monoisotopic (exact) mass is 358 g/mol. The van der Waals surface area contributed by atoms with E-state index in [0.717, 1.165) is 16.9 Å². The fraction of sp³-hybridized carbons (Fsp3) is 0.360. The van der Waals surface area contributed by atoms with Crippen LogP contribution in [0.3, 0.4) is 0 Å². The third kappa shape index (κ3) is 2.28. The Labute approximate surface area is 160 Å². The Morgan fingerprint density at radius 1 is 0.615 bits per heavy atom. The van der Waals surface area contributed by atoms with Crippen molar-refractivity contribution in [3.8, 4) is 11.1 Å². The molecule has 2 atom stereocenters. The van der Waals surface area contributed by atoms with E-state index in [1.165, 1.54) is 54.0 Å². The van der Waals surface area contributed by atoms with Crippen molar-refractivity contribution < 1.29 is 0 Å². The molecule has 0 radical (unpaired) electrons. The Morgan fingerprint density at radius 3 is 1.96 bits per heavy atom. The number of fused-ring (bicyclic) bond motifs is 1. The Bertz CT molecular complexity index is 1000. The molecule has 0 aliphatic heterocycles. The van der Waals surface area contributed by atoms with E-state index in [1.807, 2.05) is 0 Å². The van der Waals surface area contributed by atoms with Gasteiger partial charge in [-0.15, -0.1) is 0 Å². The summed E-state index contributed by atoms with van der Waals surface area (Å²) in [7, 11) is 0. The molecule has 0 aromatic heterocycles. The topological polar surface area (TPSA) is 0 Å². The number of rotatable bonds is 0. The minimum Gasteiger partial charge on any atom is -0.0843 e. The first-order valence-corrected chi connectivity index (χ1v) is 10.4. The molecule has 0 heterocycles. The molecule has 2 fully saturated rings. The lowest BCUT2D eigenvalue weighted by atomic mass is 9.63. The van der Waals surface area contributed by atoms with Crippen LogP contribution in [0.1, 0.15) is 55.1 Å². The second-order valence-electron chi connectivity index (χ2n) is 8.82. The van der Waals surface area contributed by atoms with Gasteiger partial charge < -0.3 is 0 Å². The summed E-state index contributed by atoms with van der Waals surface area (Å²) in [4.78, 5) is 0. The second-order valence-corrected chi connectivity index (χ2v) is 9.26. The highest BCUT2D eigenvalue weighted by atomic mass is 35.5. The van der Waals surface area contributed by atoms with Crippen LogP contribution in [0.2, 0.25) is 5.02 Å². The predicted molar refractivity (Wildman–Crippen MR) is 110 cm³/mol. The van der Waals surface area contributed by atoms with Gasteiger partial charge in [0, 0.05) is 5.02 Å². The van der Waals surface area contributed by atoms with Crippen molar-refractivity contribution >= 4 is 22.4 Å². The van der Waals surface area contributed by atoms with E-state index in [9.17, 15) is 0 Å². The fourth-order valence-corrected chi connectivity index (χ4v) is 6.48. The van der Waals surface area contributed by atoms with Gasteiger partial charge in [0.2, 0.25) is 0 Å². The van der Waals surface area contributed by atoms with Crippen molar-refractivity contribution in [3.63, 3.8) is 0 Å². The zero-order valence-corrected chi connectivity index (χ0v) is 15.7. The van der Waals surface area contributed by atoms with Gasteiger partial charge in [-0.3, -0.25) is 0 Å². The average molecular weight is 359 g/mol. The summed E-state index contributed by atoms with van der Waals surface area (Å²) in [5.74, 6) is 3.23. The Balaban J connectivity index is 1.70. The largest absolute Gasteiger partial charge is 0.0843 e. The van der Waals surface area contributed by atoms with Gasteiger partial charge in [0.05, 0.1) is 0 Å². The highest BCUT2D eigenvalue weighted by Gasteiger charge is 2.40. The Morgan fingerprint density at radius 2 is 1.23 bits per heavy atom. The van der Waals surface area contributed by atoms with Gasteiger partial charge in [0.15, 0.2) is 0 Å². The third-order valence-electron chi connectivity index (χ3n) is 7.24. The van der Waals surface area contributed by atoms with E-state index in [4.69, 9.17) is 11.6 Å². The van der Waals surface area contributed by atoms with E-state index in [2.05, 4.69) is 54.6 Å². The van der Waals surface area contributed by atoms with Crippen LogP contribution in [-0.2, 0) is 0 Å². The van der Waals surface area contributed by atoms with Crippen molar-refractivity contribution in [2.24, 2.45) is 11.8 Å². The van der Waals surface area contributed by atoms with Crippen LogP contribution >= 0.6 is 11.6 Å². The quantitative estimate of drug-likeness (QED) is 0.389. The molecule has 1 heteroatoms. The van der Waals surface area contributed by atoms with Gasteiger partial charge in [-0.2, -0.15) is 0 Å². The molecule has 26 heavy (non-hydrogen) atoms. The molecule has 2 saturated carbocycles. The van der Waals surface area contributed by atoms with Crippen LogP contribution in [0.5, 0.6) is 0 Å². The van der Waals surface area contributed by atoms with E-state index in [0.29, 0.717) is 11.8 Å². The molecule has 0 spiro atoms. The summed E-state index contributed by atoms with van der Waals surface area (Å²) in [6.45, 7) is 0. The van der Waals surface area contributed by atoms with Crippen molar-refractivity contribution in [1.29, 1.82) is 0 Å². The molecule has 4 aliphatic carbocycles. The molecular formula is C25H23Cl. The van der Waals surface area contributed by atoms with E-state index < -0.39 is 0 Å². The van der Waals surface area contributed by atoms with Crippen molar-refractivity contribution in [2.45, 2.75) is 43.9 Å². The molecule has 4 aliphatic rings. The van der Waals surface area contributed by atoms with Crippen molar-refractivity contribution in [2.75, 3.05) is 0 Å². The lowest BCUT2D eigenvalue weighted by Gasteiger charge is -2.42. The highest BCUT2D eigenvalue weighted by Crippen LogP contribution is 2.55. The van der Waals surface area contributed by atoms with E-state index >= 15 is 0 Å². The summed E-state index contributed by atoms with van der Waals surface area (Å²) >= 11 is 6.48. The van der Waals surface area contributed by atoms with Crippen LogP contribution < -0.4 is 0 Å². The molecule has 4 bridgehead atoms. The number of hydrogen-bond acceptors (Lipinski definition) is 0. The Kier molecular flexibility index (Phi) is 3.29. The van der Waals surface area contributed by atoms with Crippen LogP contribution in [0.15, 0.2) is 54.6 Å². The normalized spacial score (nSPS) is 29.0. The van der Waals surface area contributed by atoms with Gasteiger partial charge in [0.25, 0.3) is 0 Å². The first-order chi connectivity index (χ1) is 12.7. The maximum Gasteiger partial charge on any atom is 0.0412 e. The minimum atomic E-state index is 0.712. The summed E-state index contributed by atoms with van der Waals surface area (Å²) in [5, 5.41) is 3.58. The predicted octanol–water partition coefficient (Wildman–Crippen LogP) is 7.55. The molecule has 3 aromatic carbocycles. The lowest BCUT2D eigenvalue weighted by Crippen LogP contribution is -2.29. The van der Waals surface area contributed by atoms with Gasteiger partial charge in [-0.1, -0.05) is 48.0 Å². The first-order valence-electron chi connectivity index (χ1n) is 10.1. The van der Waals surface area contributed by atoms with Crippen LogP contribution in [0.25, 0.3) is 21.9 Å². The van der Waals surface area contributed by atoms with E-state index in [1.54, 1.807) is 11.1 Å². The fourth-order valence-electron chi connectivity index (χ4n) is 6.31. The molecule has 0 amide bonds. The summed E-state index contributed by atoms with van der Waals surface area (Å²) in [6, 6.07) is 20.4. The average Bonchev–Trinajstić information content (AvgIpc) is 2.70. The van der Waals surface area contributed by atoms with Crippen LogP contribution in [-0.4, -0.2) is 0 Å². The molecule has 0 N–H and O–H groups in total. The smallest absolute Gasteiger partial charge is 0.0412 e. The van der Waals surface area contributed by atoms with E-state index in [-0.39, 0.29) is 0 Å². The number of halogens is 1. The second kappa shape index (κ2) is 5.60. The molecule has 130 valence electrons. The molecule has 7 rings (SSSR count). The maximum atomic E-state index is 6.48. The first kappa shape index (κ1) is 15.3. The molecule has 0 saturated heterocycles. The maximum absolute atomic E-state index is 6.48. The number of hydrogen-bond donors (Lipinski definition) is 0. The molecule has 3 aromatic rings. The summed E-state index contributed by atoms with van der Waals surface area (Å²) in [6.07, 6.45) is 6.95. The van der Waals surface area contributed by atoms with Gasteiger partial charge >= 0.3 is 0 Å². The van der Waals surface area contributed by atoms with Gasteiger partial charge in [0.1, 0.15) is 0 Å². The molecule has 0 nitrogen and oxygen atoms in total. The van der Waals surface area contributed by atoms with Gasteiger partial charge in [-0.25, -0.2) is 0 Å². The third-order valence-corrected chi connectivity index (χ3v) is 7.48. The summed E-state index contributed by atoms with van der Waals surface area (Å²) < 4.78 is 0. The van der Waals surface area contributed by atoms with Crippen molar-refractivity contribution in [1.82, 2.24) is 0 Å². The number of benzene rings is 3. The standard InChI is InChI=1S/C25H23Cl/c26-21-5-6-22-19-8-15-7-16(9-19)11-20(10-15)23-12-17-3-1-2-4-18(17)13-24(23)25(22)14-21/h1-6,12-16,19-20H,7-11H2. The lowest BCUT2D eigenvalue weighted by molar-refractivity contribution is 0.153. The van der Waals surface area contributed by atoms with Crippen LogP contribution in [0.4, 0.5) is 0 Å². The Hall–Kier alpha value is -1.79. The van der Waals surface area contributed by atoms with Gasteiger partial charge in [-0.05, 0) is 107 Å². The SMILES string of the molecule is Clc1ccc2c(c1)-c1cc3ccccc3cc1C1CC3CC(CC2C3)C1. The molecule has 2 unspecified atom stereocenters. The zero-order chi connectivity index (χ0) is 17.3. The minimum absolute atomic E-state index is 0.712. The summed E-state index contributed by atoms with van der Waals surface area (Å²) in [5.41, 5.74) is 5.96.